The number of pyridine rings is 1. The molecule has 158 valence electrons. The number of aliphatic imine (C=N–C) groups is 1. The molecule has 1 saturated carbocycles. The summed E-state index contributed by atoms with van der Waals surface area (Å²) in [5.74, 6) is 1.33. The molecule has 4 rings (SSSR count). The monoisotopic (exact) mass is 424 g/mol. The number of hydrogen-bond acceptors (Lipinski definition) is 5. The molecule has 2 aromatic heterocycles. The first-order chi connectivity index (χ1) is 14.7. The van der Waals surface area contributed by atoms with Crippen molar-refractivity contribution in [3.05, 3.63) is 59.1 Å². The summed E-state index contributed by atoms with van der Waals surface area (Å²) in [6.07, 6.45) is 6.19. The van der Waals surface area contributed by atoms with Crippen LogP contribution in [-0.4, -0.2) is 35.7 Å². The van der Waals surface area contributed by atoms with E-state index in [9.17, 15) is 5.11 Å². The highest BCUT2D eigenvalue weighted by molar-refractivity contribution is 7.19. The van der Waals surface area contributed by atoms with Gasteiger partial charge in [0, 0.05) is 42.0 Å². The number of aromatic nitrogens is 1. The van der Waals surface area contributed by atoms with Crippen LogP contribution >= 0.6 is 11.3 Å². The number of benzene rings is 1. The first-order valence-electron chi connectivity index (χ1n) is 10.4. The van der Waals surface area contributed by atoms with Crippen LogP contribution in [0.25, 0.3) is 10.1 Å². The molecule has 1 aromatic carbocycles. The summed E-state index contributed by atoms with van der Waals surface area (Å²) in [5.41, 5.74) is 1.08. The van der Waals surface area contributed by atoms with Crippen molar-refractivity contribution in [3.63, 3.8) is 0 Å². The standard InChI is InChI=1S/C23H28N4O2S/c1-24-23(27-15-19(28)21-13-17-6-2-5-9-20(17)30-21)26-14-16-10-11-25-22(12-16)29-18-7-3-4-8-18/h2,5-6,9-13,18-19,28H,3-4,7-8,14-15H2,1H3,(H2,24,26,27). The van der Waals surface area contributed by atoms with Crippen molar-refractivity contribution in [2.75, 3.05) is 13.6 Å². The van der Waals surface area contributed by atoms with Crippen molar-refractivity contribution in [1.82, 2.24) is 15.6 Å². The van der Waals surface area contributed by atoms with Crippen LogP contribution < -0.4 is 15.4 Å². The van der Waals surface area contributed by atoms with Gasteiger partial charge in [-0.2, -0.15) is 0 Å². The van der Waals surface area contributed by atoms with E-state index in [1.54, 1.807) is 24.6 Å². The van der Waals surface area contributed by atoms with Crippen molar-refractivity contribution < 1.29 is 9.84 Å². The van der Waals surface area contributed by atoms with Gasteiger partial charge in [0.2, 0.25) is 5.88 Å². The maximum absolute atomic E-state index is 10.6. The molecule has 6 nitrogen and oxygen atoms in total. The highest BCUT2D eigenvalue weighted by Gasteiger charge is 2.17. The van der Waals surface area contributed by atoms with E-state index in [-0.39, 0.29) is 0 Å². The maximum Gasteiger partial charge on any atom is 0.213 e. The zero-order chi connectivity index (χ0) is 20.8. The third-order valence-electron chi connectivity index (χ3n) is 5.31. The predicted molar refractivity (Wildman–Crippen MR) is 122 cm³/mol. The maximum atomic E-state index is 10.6. The molecule has 0 spiro atoms. The van der Waals surface area contributed by atoms with E-state index in [4.69, 9.17) is 4.74 Å². The molecule has 0 amide bonds. The molecule has 30 heavy (non-hydrogen) atoms. The second-order valence-electron chi connectivity index (χ2n) is 7.54. The summed E-state index contributed by atoms with van der Waals surface area (Å²) in [7, 11) is 1.72. The van der Waals surface area contributed by atoms with Crippen LogP contribution in [0.15, 0.2) is 53.7 Å². The largest absolute Gasteiger partial charge is 0.474 e. The number of nitrogens with zero attached hydrogens (tertiary/aromatic N) is 2. The van der Waals surface area contributed by atoms with Crippen molar-refractivity contribution >= 4 is 27.4 Å². The van der Waals surface area contributed by atoms with Gasteiger partial charge in [0.15, 0.2) is 5.96 Å². The highest BCUT2D eigenvalue weighted by atomic mass is 32.1. The summed E-state index contributed by atoms with van der Waals surface area (Å²) in [4.78, 5) is 9.54. The smallest absolute Gasteiger partial charge is 0.213 e. The minimum absolute atomic E-state index is 0.297. The number of aliphatic hydroxyl groups excluding tert-OH is 1. The number of ether oxygens (including phenoxy) is 1. The number of thiophene rings is 1. The highest BCUT2D eigenvalue weighted by Crippen LogP contribution is 2.29. The van der Waals surface area contributed by atoms with Gasteiger partial charge in [-0.1, -0.05) is 18.2 Å². The average Bonchev–Trinajstić information content (AvgIpc) is 3.43. The molecular formula is C23H28N4O2S. The molecule has 0 saturated heterocycles. The molecule has 0 aliphatic heterocycles. The van der Waals surface area contributed by atoms with E-state index in [0.717, 1.165) is 28.7 Å². The van der Waals surface area contributed by atoms with Gasteiger partial charge >= 0.3 is 0 Å². The minimum Gasteiger partial charge on any atom is -0.474 e. The minimum atomic E-state index is -0.590. The van der Waals surface area contributed by atoms with E-state index < -0.39 is 6.10 Å². The molecule has 1 fully saturated rings. The third kappa shape index (κ3) is 5.29. The van der Waals surface area contributed by atoms with Crippen LogP contribution in [-0.2, 0) is 6.54 Å². The zero-order valence-electron chi connectivity index (χ0n) is 17.2. The fourth-order valence-corrected chi connectivity index (χ4v) is 4.72. The van der Waals surface area contributed by atoms with Gasteiger partial charge in [0.1, 0.15) is 12.2 Å². The summed E-state index contributed by atoms with van der Waals surface area (Å²) in [6.45, 7) is 0.987. The van der Waals surface area contributed by atoms with E-state index in [2.05, 4.69) is 32.7 Å². The van der Waals surface area contributed by atoms with Gasteiger partial charge in [0.25, 0.3) is 0 Å². The van der Waals surface area contributed by atoms with Crippen LogP contribution in [0.2, 0.25) is 0 Å². The Balaban J connectivity index is 1.28. The lowest BCUT2D eigenvalue weighted by Gasteiger charge is -2.15. The van der Waals surface area contributed by atoms with Crippen LogP contribution in [0, 0.1) is 0 Å². The molecule has 1 atom stereocenters. The van der Waals surface area contributed by atoms with Crippen molar-refractivity contribution in [1.29, 1.82) is 0 Å². The Morgan fingerprint density at radius 1 is 1.23 bits per heavy atom. The normalized spacial score (nSPS) is 16.0. The number of nitrogens with one attached hydrogen (secondary N) is 2. The molecule has 1 unspecified atom stereocenters. The fraction of sp³-hybridized carbons (Fsp3) is 0.391. The lowest BCUT2D eigenvalue weighted by atomic mass is 10.2. The molecule has 3 aromatic rings. The van der Waals surface area contributed by atoms with Crippen LogP contribution in [0.4, 0.5) is 0 Å². The van der Waals surface area contributed by atoms with E-state index in [1.165, 1.54) is 17.5 Å². The number of rotatable bonds is 7. The third-order valence-corrected chi connectivity index (χ3v) is 6.53. The second kappa shape index (κ2) is 9.91. The van der Waals surface area contributed by atoms with Crippen molar-refractivity contribution in [2.45, 2.75) is 44.4 Å². The summed E-state index contributed by atoms with van der Waals surface area (Å²) < 4.78 is 7.17. The van der Waals surface area contributed by atoms with Crippen LogP contribution in [0.5, 0.6) is 5.88 Å². The molecule has 1 aliphatic rings. The fourth-order valence-electron chi connectivity index (χ4n) is 3.67. The lowest BCUT2D eigenvalue weighted by molar-refractivity contribution is 0.184. The molecule has 0 bridgehead atoms. The van der Waals surface area contributed by atoms with Gasteiger partial charge in [-0.25, -0.2) is 4.98 Å². The Labute approximate surface area is 181 Å². The van der Waals surface area contributed by atoms with E-state index in [1.807, 2.05) is 30.3 Å². The van der Waals surface area contributed by atoms with E-state index in [0.29, 0.717) is 31.0 Å². The Hall–Kier alpha value is -2.64. The van der Waals surface area contributed by atoms with Gasteiger partial charge in [-0.3, -0.25) is 4.99 Å². The second-order valence-corrected chi connectivity index (χ2v) is 8.65. The van der Waals surface area contributed by atoms with Gasteiger partial charge < -0.3 is 20.5 Å². The molecule has 3 N–H and O–H groups in total. The number of fused-ring (bicyclic) bond motifs is 1. The quantitative estimate of drug-likeness (QED) is 0.394. The summed E-state index contributed by atoms with van der Waals surface area (Å²) in [5, 5.41) is 18.2. The lowest BCUT2D eigenvalue weighted by Crippen LogP contribution is -2.38. The molecular weight excluding hydrogens is 396 g/mol. The first kappa shape index (κ1) is 20.6. The van der Waals surface area contributed by atoms with Gasteiger partial charge in [-0.15, -0.1) is 11.3 Å². The molecule has 0 radical (unpaired) electrons. The topological polar surface area (TPSA) is 78.8 Å². The Bertz CT molecular complexity index is 965. The molecule has 1 aliphatic carbocycles. The summed E-state index contributed by atoms with van der Waals surface area (Å²) >= 11 is 1.62. The SMILES string of the molecule is CN=C(NCc1ccnc(OC2CCCC2)c1)NCC(O)c1cc2ccccc2s1. The average molecular weight is 425 g/mol. The zero-order valence-corrected chi connectivity index (χ0v) is 18.0. The number of hydrogen-bond donors (Lipinski definition) is 3. The first-order valence-corrected chi connectivity index (χ1v) is 11.3. The number of guanidine groups is 1. The van der Waals surface area contributed by atoms with Crippen molar-refractivity contribution in [3.8, 4) is 5.88 Å². The Morgan fingerprint density at radius 2 is 2.07 bits per heavy atom. The Morgan fingerprint density at radius 3 is 2.87 bits per heavy atom. The van der Waals surface area contributed by atoms with Crippen LogP contribution in [0.3, 0.4) is 0 Å². The predicted octanol–water partition coefficient (Wildman–Crippen LogP) is 4.02. The molecule has 2 heterocycles. The van der Waals surface area contributed by atoms with Crippen LogP contribution in [0.1, 0.15) is 42.2 Å². The van der Waals surface area contributed by atoms with Gasteiger partial charge in [-0.05, 0) is 54.8 Å². The number of aliphatic hydroxyl groups is 1. The van der Waals surface area contributed by atoms with Crippen molar-refractivity contribution in [2.24, 2.45) is 4.99 Å². The van der Waals surface area contributed by atoms with Gasteiger partial charge in [0.05, 0.1) is 0 Å². The Kier molecular flexibility index (Phi) is 6.81. The summed E-state index contributed by atoms with van der Waals surface area (Å²) in [6, 6.07) is 14.2. The molecule has 7 heteroatoms. The van der Waals surface area contributed by atoms with E-state index >= 15 is 0 Å².